The number of hydrogen-bond acceptors (Lipinski definition) is 8. The second-order valence-corrected chi connectivity index (χ2v) is 13.7. The zero-order valence-electron chi connectivity index (χ0n) is 26.7. The Balaban J connectivity index is 1.91. The smallest absolute Gasteiger partial charge is 0.383 e. The molecule has 11 heteroatoms. The van der Waals surface area contributed by atoms with E-state index < -0.39 is 44.2 Å². The van der Waals surface area contributed by atoms with Gasteiger partial charge < -0.3 is 20.1 Å². The summed E-state index contributed by atoms with van der Waals surface area (Å²) in [6, 6.07) is 1.51. The number of rotatable bonds is 23. The van der Waals surface area contributed by atoms with Gasteiger partial charge in [-0.15, -0.1) is 0 Å². The van der Waals surface area contributed by atoms with Gasteiger partial charge in [0.2, 0.25) is 0 Å². The first kappa shape index (κ1) is 36.9. The molecular formula is C31H58N3O7P. The fourth-order valence-corrected chi connectivity index (χ4v) is 6.62. The Bertz CT molecular complexity index is 974. The van der Waals surface area contributed by atoms with Crippen molar-refractivity contribution in [1.29, 1.82) is 0 Å². The Morgan fingerprint density at radius 2 is 1.50 bits per heavy atom. The highest BCUT2D eigenvalue weighted by molar-refractivity contribution is 7.47. The van der Waals surface area contributed by atoms with E-state index in [1.807, 2.05) is 13.8 Å². The Morgan fingerprint density at radius 3 is 2.00 bits per heavy atom. The van der Waals surface area contributed by atoms with Gasteiger partial charge in [-0.05, 0) is 38.7 Å². The van der Waals surface area contributed by atoms with Crippen LogP contribution in [0.15, 0.2) is 17.1 Å². The molecule has 0 radical (unpaired) electrons. The van der Waals surface area contributed by atoms with E-state index >= 15 is 0 Å². The minimum atomic E-state index is -4.41. The van der Waals surface area contributed by atoms with Crippen LogP contribution in [0, 0.1) is 5.92 Å². The molecule has 2 heterocycles. The summed E-state index contributed by atoms with van der Waals surface area (Å²) in [6.45, 7) is 10.0. The van der Waals surface area contributed by atoms with Crippen molar-refractivity contribution in [3.8, 4) is 0 Å². The molecule has 1 fully saturated rings. The molecule has 1 aliphatic rings. The summed E-state index contributed by atoms with van der Waals surface area (Å²) in [4.78, 5) is 27.0. The summed E-state index contributed by atoms with van der Waals surface area (Å²) in [5.41, 5.74) is 5.12. The van der Waals surface area contributed by atoms with Gasteiger partial charge in [0.25, 0.3) is 0 Å². The number of hydrogen-bond donors (Lipinski definition) is 2. The van der Waals surface area contributed by atoms with Gasteiger partial charge in [0.05, 0.1) is 12.2 Å². The number of anilines is 1. The molecule has 2 unspecified atom stereocenters. The highest BCUT2D eigenvalue weighted by Gasteiger charge is 2.50. The van der Waals surface area contributed by atoms with E-state index in [4.69, 9.17) is 24.3 Å². The maximum Gasteiger partial charge on any atom is 0.472 e. The summed E-state index contributed by atoms with van der Waals surface area (Å²) >= 11 is 0. The molecule has 0 aliphatic carbocycles. The maximum atomic E-state index is 12.8. The van der Waals surface area contributed by atoms with Crippen molar-refractivity contribution in [2.45, 2.75) is 162 Å². The topological polar surface area (TPSA) is 135 Å². The summed E-state index contributed by atoms with van der Waals surface area (Å²) in [7, 11) is -4.41. The Labute approximate surface area is 253 Å². The minimum absolute atomic E-state index is 0.103. The Hall–Kier alpha value is -1.29. The van der Waals surface area contributed by atoms with Crippen LogP contribution in [0.25, 0.3) is 0 Å². The summed E-state index contributed by atoms with van der Waals surface area (Å²) in [5, 5.41) is 0. The van der Waals surface area contributed by atoms with Gasteiger partial charge in [0.1, 0.15) is 18.0 Å². The van der Waals surface area contributed by atoms with Crippen LogP contribution in [-0.4, -0.2) is 45.5 Å². The van der Waals surface area contributed by atoms with Crippen molar-refractivity contribution >= 4 is 13.6 Å². The molecule has 0 spiro atoms. The number of aromatic nitrogens is 2. The van der Waals surface area contributed by atoms with E-state index in [1.165, 1.54) is 87.5 Å². The average Bonchev–Trinajstić information content (AvgIpc) is 3.20. The van der Waals surface area contributed by atoms with Crippen LogP contribution in [-0.2, 0) is 23.1 Å². The molecule has 0 bridgehead atoms. The van der Waals surface area contributed by atoms with E-state index in [0.29, 0.717) is 13.0 Å². The third-order valence-electron chi connectivity index (χ3n) is 7.52. The molecule has 42 heavy (non-hydrogen) atoms. The molecule has 0 amide bonds. The summed E-state index contributed by atoms with van der Waals surface area (Å²) < 4.78 is 37.6. The third-order valence-corrected chi connectivity index (χ3v) is 8.72. The van der Waals surface area contributed by atoms with Crippen molar-refractivity contribution in [1.82, 2.24) is 9.55 Å². The van der Waals surface area contributed by atoms with Gasteiger partial charge in [0, 0.05) is 12.8 Å². The monoisotopic (exact) mass is 615 g/mol. The summed E-state index contributed by atoms with van der Waals surface area (Å²) in [6.07, 6.45) is 16.0. The van der Waals surface area contributed by atoms with Gasteiger partial charge in [0.15, 0.2) is 6.23 Å². The molecule has 1 aromatic rings. The molecule has 1 aliphatic heterocycles. The van der Waals surface area contributed by atoms with Crippen LogP contribution in [0.2, 0.25) is 0 Å². The molecule has 3 N–H and O–H groups in total. The number of phosphoric acid groups is 1. The summed E-state index contributed by atoms with van der Waals surface area (Å²) in [5.74, 6) is 0.308. The van der Waals surface area contributed by atoms with E-state index in [0.717, 1.165) is 19.3 Å². The fourth-order valence-electron chi connectivity index (χ4n) is 5.47. The van der Waals surface area contributed by atoms with Crippen molar-refractivity contribution in [3.05, 3.63) is 22.7 Å². The number of nitrogens with two attached hydrogens (primary N) is 1. The molecular weight excluding hydrogens is 557 g/mol. The highest BCUT2D eigenvalue weighted by atomic mass is 31.2. The number of unbranched alkanes of at least 4 members (excludes halogenated alkanes) is 13. The first-order valence-electron chi connectivity index (χ1n) is 16.3. The van der Waals surface area contributed by atoms with Crippen LogP contribution in [0.3, 0.4) is 0 Å². The number of phosphoric ester groups is 1. The predicted octanol–water partition coefficient (Wildman–Crippen LogP) is 7.55. The zero-order valence-corrected chi connectivity index (χ0v) is 27.6. The van der Waals surface area contributed by atoms with E-state index in [9.17, 15) is 14.3 Å². The molecule has 1 saturated heterocycles. The van der Waals surface area contributed by atoms with Crippen LogP contribution >= 0.6 is 7.82 Å². The first-order valence-corrected chi connectivity index (χ1v) is 17.8. The number of nitrogen functional groups attached to an aromatic ring is 1. The van der Waals surface area contributed by atoms with E-state index in [2.05, 4.69) is 11.9 Å². The lowest BCUT2D eigenvalue weighted by Crippen LogP contribution is -2.39. The van der Waals surface area contributed by atoms with Crippen molar-refractivity contribution in [2.75, 3.05) is 12.3 Å². The van der Waals surface area contributed by atoms with Crippen molar-refractivity contribution in [3.63, 3.8) is 0 Å². The van der Waals surface area contributed by atoms with Crippen molar-refractivity contribution < 1.29 is 28.0 Å². The van der Waals surface area contributed by atoms with Gasteiger partial charge in [-0.2, -0.15) is 4.98 Å². The van der Waals surface area contributed by atoms with Crippen LogP contribution in [0.5, 0.6) is 0 Å². The number of ether oxygens (including phenoxy) is 2. The largest absolute Gasteiger partial charge is 0.472 e. The average molecular weight is 616 g/mol. The molecule has 2 rings (SSSR count). The lowest BCUT2D eigenvalue weighted by Gasteiger charge is -2.27. The Kier molecular flexibility index (Phi) is 17.5. The van der Waals surface area contributed by atoms with Crippen LogP contribution < -0.4 is 11.4 Å². The lowest BCUT2D eigenvalue weighted by atomic mass is 10.0. The maximum absolute atomic E-state index is 12.8. The van der Waals surface area contributed by atoms with Crippen LogP contribution in [0.1, 0.15) is 137 Å². The normalized spacial score (nSPS) is 22.3. The quantitative estimate of drug-likeness (QED) is 0.0945. The van der Waals surface area contributed by atoms with Gasteiger partial charge >= 0.3 is 13.5 Å². The zero-order chi connectivity index (χ0) is 31.0. The highest BCUT2D eigenvalue weighted by Crippen LogP contribution is 2.50. The molecule has 244 valence electrons. The minimum Gasteiger partial charge on any atom is -0.383 e. The van der Waals surface area contributed by atoms with Crippen LogP contribution in [0.4, 0.5) is 5.82 Å². The molecule has 10 nitrogen and oxygen atoms in total. The van der Waals surface area contributed by atoms with E-state index in [1.54, 1.807) is 13.8 Å². The first-order chi connectivity index (χ1) is 20.0. The predicted molar refractivity (Wildman–Crippen MR) is 167 cm³/mol. The van der Waals surface area contributed by atoms with Gasteiger partial charge in [-0.3, -0.25) is 13.6 Å². The molecule has 5 atom stereocenters. The number of nitrogens with zero attached hydrogens (tertiary/aromatic N) is 2. The fraction of sp³-hybridized carbons (Fsp3) is 0.871. The third kappa shape index (κ3) is 14.0. The second-order valence-electron chi connectivity index (χ2n) is 12.4. The SMILES string of the molecule is CCCCCCCCCCCCCCCCO[C@H]1C(OP(=O)(O)OC(C)C)[C@@H](CC(C)C)O[C@H]1n1ccc(N)nc1=O. The van der Waals surface area contributed by atoms with Gasteiger partial charge in [-0.1, -0.05) is 104 Å². The van der Waals surface area contributed by atoms with Gasteiger partial charge in [-0.25, -0.2) is 9.36 Å². The lowest BCUT2D eigenvalue weighted by molar-refractivity contribution is -0.0724. The Morgan fingerprint density at radius 1 is 0.952 bits per heavy atom. The molecule has 1 aromatic heterocycles. The van der Waals surface area contributed by atoms with E-state index in [-0.39, 0.29) is 11.7 Å². The van der Waals surface area contributed by atoms with Crippen molar-refractivity contribution in [2.24, 2.45) is 5.92 Å². The second kappa shape index (κ2) is 19.9. The molecule has 0 saturated carbocycles. The molecule has 0 aromatic carbocycles. The standard InChI is InChI=1S/C31H58N3O7P/c1-6-7-8-9-10-11-12-13-14-15-16-17-18-19-22-38-29-28(41-42(36,37)40-25(4)5)26(23-24(2)3)39-30(29)34-21-20-27(32)33-31(34)35/h20-21,24-26,28-30H,6-19,22-23H2,1-5H3,(H,36,37)(H2,32,33,35)/t26-,28?,29+,30-/m1/s1.